The molecule has 0 aliphatic carbocycles. The van der Waals surface area contributed by atoms with Crippen molar-refractivity contribution in [1.82, 2.24) is 10.6 Å². The molecule has 0 radical (unpaired) electrons. The van der Waals surface area contributed by atoms with Crippen molar-refractivity contribution < 1.29 is 8.42 Å². The summed E-state index contributed by atoms with van der Waals surface area (Å²) in [5.41, 5.74) is 0. The second-order valence-electron chi connectivity index (χ2n) is 6.75. The third-order valence-electron chi connectivity index (χ3n) is 4.11. The van der Waals surface area contributed by atoms with Crippen LogP contribution in [0.4, 0.5) is 0 Å². The first-order valence-corrected chi connectivity index (χ1v) is 10.4. The van der Waals surface area contributed by atoms with Crippen molar-refractivity contribution in [3.8, 4) is 0 Å². The van der Waals surface area contributed by atoms with Crippen molar-refractivity contribution in [3.63, 3.8) is 0 Å². The standard InChI is InChI=1S/C16H33N3O2S.HI/c1-14(2)8-6-4-5-7-10-18-16(17-3)19-12-15-9-11-22(20,21)13-15;/h14-15H,4-13H2,1-3H3,(H2,17,18,19);1H. The minimum absolute atomic E-state index is 0. The van der Waals surface area contributed by atoms with Gasteiger partial charge in [-0.3, -0.25) is 4.99 Å². The Labute approximate surface area is 159 Å². The fraction of sp³-hybridized carbons (Fsp3) is 0.938. The van der Waals surface area contributed by atoms with Crippen molar-refractivity contribution >= 4 is 39.8 Å². The number of unbranched alkanes of at least 4 members (excludes halogenated alkanes) is 3. The molecule has 5 nitrogen and oxygen atoms in total. The molecule has 1 rings (SSSR count). The van der Waals surface area contributed by atoms with E-state index in [2.05, 4.69) is 29.5 Å². The highest BCUT2D eigenvalue weighted by Gasteiger charge is 2.27. The Morgan fingerprint density at radius 2 is 1.87 bits per heavy atom. The Hall–Kier alpha value is -0.0500. The van der Waals surface area contributed by atoms with E-state index in [4.69, 9.17) is 0 Å². The summed E-state index contributed by atoms with van der Waals surface area (Å²) in [4.78, 5) is 4.19. The van der Waals surface area contributed by atoms with Crippen LogP contribution in [0.15, 0.2) is 4.99 Å². The smallest absolute Gasteiger partial charge is 0.190 e. The maximum absolute atomic E-state index is 11.4. The van der Waals surface area contributed by atoms with Gasteiger partial charge in [0.1, 0.15) is 0 Å². The lowest BCUT2D eigenvalue weighted by Gasteiger charge is -2.14. The van der Waals surface area contributed by atoms with Gasteiger partial charge in [-0.1, -0.05) is 39.5 Å². The molecule has 23 heavy (non-hydrogen) atoms. The van der Waals surface area contributed by atoms with Gasteiger partial charge in [0.05, 0.1) is 11.5 Å². The molecule has 7 heteroatoms. The van der Waals surface area contributed by atoms with Gasteiger partial charge in [-0.05, 0) is 24.7 Å². The van der Waals surface area contributed by atoms with Gasteiger partial charge in [-0.15, -0.1) is 24.0 Å². The normalized spacial score (nSPS) is 20.3. The van der Waals surface area contributed by atoms with Gasteiger partial charge in [0, 0.05) is 20.1 Å². The highest BCUT2D eigenvalue weighted by molar-refractivity contribution is 14.0. The number of sulfone groups is 1. The van der Waals surface area contributed by atoms with Crippen LogP contribution in [0, 0.1) is 11.8 Å². The minimum Gasteiger partial charge on any atom is -0.356 e. The first-order chi connectivity index (χ1) is 10.4. The van der Waals surface area contributed by atoms with Gasteiger partial charge in [0.15, 0.2) is 15.8 Å². The molecule has 1 unspecified atom stereocenters. The number of aliphatic imine (C=N–C) groups is 1. The largest absolute Gasteiger partial charge is 0.356 e. The fourth-order valence-corrected chi connectivity index (χ4v) is 4.59. The molecule has 1 atom stereocenters. The van der Waals surface area contributed by atoms with Crippen molar-refractivity contribution in [2.24, 2.45) is 16.8 Å². The summed E-state index contributed by atoms with van der Waals surface area (Å²) in [7, 11) is -1.03. The zero-order chi connectivity index (χ0) is 16.4. The van der Waals surface area contributed by atoms with Crippen LogP contribution in [0.3, 0.4) is 0 Å². The molecule has 138 valence electrons. The van der Waals surface area contributed by atoms with E-state index >= 15 is 0 Å². The highest BCUT2D eigenvalue weighted by atomic mass is 127. The Kier molecular flexibility index (Phi) is 12.3. The first kappa shape index (κ1) is 22.9. The predicted molar refractivity (Wildman–Crippen MR) is 109 cm³/mol. The number of nitrogens with zero attached hydrogens (tertiary/aromatic N) is 1. The summed E-state index contributed by atoms with van der Waals surface area (Å²) >= 11 is 0. The van der Waals surface area contributed by atoms with Crippen LogP contribution in [0.5, 0.6) is 0 Å². The van der Waals surface area contributed by atoms with Crippen LogP contribution in [0.25, 0.3) is 0 Å². The summed E-state index contributed by atoms with van der Waals surface area (Å²) in [6.45, 7) is 6.15. The third-order valence-corrected chi connectivity index (χ3v) is 5.95. The van der Waals surface area contributed by atoms with E-state index in [1.54, 1.807) is 7.05 Å². The lowest BCUT2D eigenvalue weighted by Crippen LogP contribution is -2.40. The Balaban J connectivity index is 0.00000484. The molecule has 0 amide bonds. The van der Waals surface area contributed by atoms with Gasteiger partial charge in [0.25, 0.3) is 0 Å². The second kappa shape index (κ2) is 12.3. The molecule has 1 fully saturated rings. The molecule has 0 spiro atoms. The molecular weight excluding hydrogens is 425 g/mol. The van der Waals surface area contributed by atoms with E-state index in [0.29, 0.717) is 18.1 Å². The van der Waals surface area contributed by atoms with Gasteiger partial charge < -0.3 is 10.6 Å². The van der Waals surface area contributed by atoms with E-state index in [1.165, 1.54) is 25.7 Å². The zero-order valence-corrected chi connectivity index (χ0v) is 18.0. The van der Waals surface area contributed by atoms with Crippen molar-refractivity contribution in [1.29, 1.82) is 0 Å². The highest BCUT2D eigenvalue weighted by Crippen LogP contribution is 2.17. The average Bonchev–Trinajstić information content (AvgIpc) is 2.80. The van der Waals surface area contributed by atoms with Crippen molar-refractivity contribution in [2.45, 2.75) is 52.4 Å². The first-order valence-electron chi connectivity index (χ1n) is 8.58. The Morgan fingerprint density at radius 1 is 1.17 bits per heavy atom. The summed E-state index contributed by atoms with van der Waals surface area (Å²) in [5.74, 6) is 2.46. The van der Waals surface area contributed by atoms with E-state index in [9.17, 15) is 8.42 Å². The summed E-state index contributed by atoms with van der Waals surface area (Å²) < 4.78 is 22.8. The maximum Gasteiger partial charge on any atom is 0.190 e. The molecule has 0 aromatic rings. The molecule has 0 aromatic carbocycles. The monoisotopic (exact) mass is 459 g/mol. The fourth-order valence-electron chi connectivity index (χ4n) is 2.73. The molecule has 1 saturated heterocycles. The number of rotatable bonds is 9. The van der Waals surface area contributed by atoms with E-state index in [1.807, 2.05) is 0 Å². The van der Waals surface area contributed by atoms with Crippen LogP contribution in [0.2, 0.25) is 0 Å². The number of nitrogens with one attached hydrogen (secondary N) is 2. The quantitative estimate of drug-likeness (QED) is 0.241. The minimum atomic E-state index is -2.79. The second-order valence-corrected chi connectivity index (χ2v) is 8.97. The molecule has 1 aliphatic heterocycles. The van der Waals surface area contributed by atoms with Crippen LogP contribution in [0.1, 0.15) is 52.4 Å². The average molecular weight is 459 g/mol. The number of halogens is 1. The maximum atomic E-state index is 11.4. The third kappa shape index (κ3) is 11.2. The van der Waals surface area contributed by atoms with Gasteiger partial charge in [-0.25, -0.2) is 8.42 Å². The Bertz CT molecular complexity index is 439. The van der Waals surface area contributed by atoms with Crippen molar-refractivity contribution in [3.05, 3.63) is 0 Å². The molecule has 0 aromatic heterocycles. The lowest BCUT2D eigenvalue weighted by molar-refractivity contribution is 0.518. The van der Waals surface area contributed by atoms with Crippen molar-refractivity contribution in [2.75, 3.05) is 31.6 Å². The summed E-state index contributed by atoms with van der Waals surface area (Å²) in [6, 6.07) is 0. The van der Waals surface area contributed by atoms with Gasteiger partial charge in [-0.2, -0.15) is 0 Å². The SMILES string of the molecule is CN=C(NCCCCCCC(C)C)NCC1CCS(=O)(=O)C1.I. The number of guanidine groups is 1. The lowest BCUT2D eigenvalue weighted by atomic mass is 10.0. The Morgan fingerprint density at radius 3 is 2.43 bits per heavy atom. The summed E-state index contributed by atoms with van der Waals surface area (Å²) in [5, 5.41) is 6.54. The van der Waals surface area contributed by atoms with E-state index < -0.39 is 9.84 Å². The zero-order valence-electron chi connectivity index (χ0n) is 14.8. The molecule has 1 aliphatic rings. The van der Waals surface area contributed by atoms with Crippen LogP contribution >= 0.6 is 24.0 Å². The molecule has 0 saturated carbocycles. The molecule has 1 heterocycles. The van der Waals surface area contributed by atoms with Crippen LogP contribution in [-0.4, -0.2) is 46.0 Å². The molecule has 2 N–H and O–H groups in total. The molecule has 0 bridgehead atoms. The van der Waals surface area contributed by atoms with Crippen LogP contribution in [-0.2, 0) is 9.84 Å². The van der Waals surface area contributed by atoms with Gasteiger partial charge >= 0.3 is 0 Å². The van der Waals surface area contributed by atoms with E-state index in [0.717, 1.165) is 31.3 Å². The summed E-state index contributed by atoms with van der Waals surface area (Å²) in [6.07, 6.45) is 7.10. The van der Waals surface area contributed by atoms with Gasteiger partial charge in [0.2, 0.25) is 0 Å². The number of hydrogen-bond donors (Lipinski definition) is 2. The predicted octanol–water partition coefficient (Wildman–Crippen LogP) is 2.81. The van der Waals surface area contributed by atoms with E-state index in [-0.39, 0.29) is 29.9 Å². The number of hydrogen-bond acceptors (Lipinski definition) is 3. The van der Waals surface area contributed by atoms with Crippen LogP contribution < -0.4 is 10.6 Å². The molecular formula is C16H34IN3O2S. The topological polar surface area (TPSA) is 70.6 Å².